The first-order valence-electron chi connectivity index (χ1n) is 6.69. The van der Waals surface area contributed by atoms with Crippen molar-refractivity contribution in [3.8, 4) is 5.88 Å². The highest BCUT2D eigenvalue weighted by atomic mass is 16.5. The molecule has 1 aliphatic rings. The van der Waals surface area contributed by atoms with E-state index in [0.717, 1.165) is 5.56 Å². The van der Waals surface area contributed by atoms with Crippen LogP contribution in [0.2, 0.25) is 0 Å². The lowest BCUT2D eigenvalue weighted by atomic mass is 10.1. The van der Waals surface area contributed by atoms with E-state index in [1.54, 1.807) is 24.3 Å². The summed E-state index contributed by atoms with van der Waals surface area (Å²) >= 11 is 0. The molecule has 2 amide bonds. The topological polar surface area (TPSA) is 71.5 Å². The molecule has 0 bridgehead atoms. The molecule has 1 N–H and O–H groups in total. The van der Waals surface area contributed by atoms with Crippen molar-refractivity contribution in [3.05, 3.63) is 23.9 Å². The van der Waals surface area contributed by atoms with Gasteiger partial charge in [-0.05, 0) is 13.0 Å². The summed E-state index contributed by atoms with van der Waals surface area (Å²) in [6.45, 7) is 3.43. The van der Waals surface area contributed by atoms with Gasteiger partial charge in [0, 0.05) is 37.8 Å². The van der Waals surface area contributed by atoms with Gasteiger partial charge >= 0.3 is 0 Å². The van der Waals surface area contributed by atoms with Crippen LogP contribution in [0, 0.1) is 5.92 Å². The van der Waals surface area contributed by atoms with Crippen LogP contribution in [0.1, 0.15) is 18.9 Å². The molecule has 0 radical (unpaired) electrons. The summed E-state index contributed by atoms with van der Waals surface area (Å²) in [5.41, 5.74) is 0.819. The molecule has 0 spiro atoms. The number of carbonyl (C=O) groups excluding carboxylic acids is 2. The van der Waals surface area contributed by atoms with E-state index in [1.807, 2.05) is 13.0 Å². The number of methoxy groups -OCH3 is 1. The Labute approximate surface area is 118 Å². The molecule has 1 fully saturated rings. The van der Waals surface area contributed by atoms with Gasteiger partial charge in [-0.3, -0.25) is 9.59 Å². The number of hydrogen-bond donors (Lipinski definition) is 1. The number of amides is 2. The Bertz CT molecular complexity index is 504. The number of rotatable bonds is 5. The number of hydrogen-bond acceptors (Lipinski definition) is 4. The highest BCUT2D eigenvalue weighted by molar-refractivity contribution is 5.89. The Morgan fingerprint density at radius 3 is 3.05 bits per heavy atom. The van der Waals surface area contributed by atoms with Crippen LogP contribution >= 0.6 is 0 Å². The normalized spacial score (nSPS) is 18.2. The number of aromatic nitrogens is 1. The molecule has 6 heteroatoms. The number of pyridine rings is 1. The predicted molar refractivity (Wildman–Crippen MR) is 73.0 cm³/mol. The lowest BCUT2D eigenvalue weighted by Gasteiger charge is -2.14. The first-order valence-corrected chi connectivity index (χ1v) is 6.69. The lowest BCUT2D eigenvalue weighted by Crippen LogP contribution is -2.32. The van der Waals surface area contributed by atoms with E-state index in [1.165, 1.54) is 0 Å². The van der Waals surface area contributed by atoms with E-state index >= 15 is 0 Å². The predicted octanol–water partition coefficient (Wildman–Crippen LogP) is 0.575. The quantitative estimate of drug-likeness (QED) is 0.854. The third kappa shape index (κ3) is 3.07. The van der Waals surface area contributed by atoms with Gasteiger partial charge in [-0.25, -0.2) is 4.98 Å². The number of nitrogens with zero attached hydrogens (tertiary/aromatic N) is 2. The summed E-state index contributed by atoms with van der Waals surface area (Å²) in [7, 11) is 1.54. The van der Waals surface area contributed by atoms with Crippen molar-refractivity contribution in [2.75, 3.05) is 20.2 Å². The largest absolute Gasteiger partial charge is 0.481 e. The van der Waals surface area contributed by atoms with Gasteiger partial charge in [0.05, 0.1) is 13.0 Å². The molecule has 1 saturated heterocycles. The van der Waals surface area contributed by atoms with Crippen molar-refractivity contribution in [2.24, 2.45) is 5.92 Å². The summed E-state index contributed by atoms with van der Waals surface area (Å²) < 4.78 is 5.13. The molecule has 6 nitrogen and oxygen atoms in total. The van der Waals surface area contributed by atoms with Gasteiger partial charge in [-0.15, -0.1) is 0 Å². The molecule has 1 aliphatic heterocycles. The third-order valence-corrected chi connectivity index (χ3v) is 3.46. The fourth-order valence-electron chi connectivity index (χ4n) is 2.32. The Balaban J connectivity index is 1.91. The highest BCUT2D eigenvalue weighted by Crippen LogP contribution is 2.18. The minimum atomic E-state index is -0.259. The minimum absolute atomic E-state index is 0.0478. The number of likely N-dealkylation sites (tertiary alicyclic amines) is 1. The van der Waals surface area contributed by atoms with Crippen LogP contribution in [-0.2, 0) is 16.1 Å². The minimum Gasteiger partial charge on any atom is -0.481 e. The lowest BCUT2D eigenvalue weighted by molar-refractivity contribution is -0.128. The van der Waals surface area contributed by atoms with Crippen LogP contribution in [-0.4, -0.2) is 41.9 Å². The van der Waals surface area contributed by atoms with E-state index < -0.39 is 0 Å². The van der Waals surface area contributed by atoms with Crippen molar-refractivity contribution in [1.29, 1.82) is 0 Å². The molecule has 2 rings (SSSR count). The van der Waals surface area contributed by atoms with Gasteiger partial charge < -0.3 is 15.0 Å². The Kier molecular flexibility index (Phi) is 4.55. The molecular weight excluding hydrogens is 258 g/mol. The van der Waals surface area contributed by atoms with Crippen molar-refractivity contribution < 1.29 is 14.3 Å². The van der Waals surface area contributed by atoms with Gasteiger partial charge in [-0.2, -0.15) is 0 Å². The maximum Gasteiger partial charge on any atom is 0.225 e. The van der Waals surface area contributed by atoms with E-state index in [2.05, 4.69) is 10.3 Å². The molecule has 0 saturated carbocycles. The molecule has 0 unspecified atom stereocenters. The SMILES string of the molecule is CCN1C[C@@H](C(=O)NCc2cccnc2OC)CC1=O. The van der Waals surface area contributed by atoms with Gasteiger partial charge in [-0.1, -0.05) is 6.07 Å². The number of nitrogens with one attached hydrogen (secondary N) is 1. The van der Waals surface area contributed by atoms with Crippen LogP contribution < -0.4 is 10.1 Å². The van der Waals surface area contributed by atoms with Crippen molar-refractivity contribution in [2.45, 2.75) is 19.9 Å². The zero-order chi connectivity index (χ0) is 14.5. The Morgan fingerprint density at radius 2 is 2.40 bits per heavy atom. The monoisotopic (exact) mass is 277 g/mol. The second-order valence-electron chi connectivity index (χ2n) is 4.72. The van der Waals surface area contributed by atoms with E-state index in [4.69, 9.17) is 4.74 Å². The second kappa shape index (κ2) is 6.36. The maximum absolute atomic E-state index is 12.1. The number of ether oxygens (including phenoxy) is 1. The molecule has 0 aliphatic carbocycles. The summed E-state index contributed by atoms with van der Waals surface area (Å²) in [6, 6.07) is 3.65. The zero-order valence-corrected chi connectivity index (χ0v) is 11.8. The Hall–Kier alpha value is -2.11. The second-order valence-corrected chi connectivity index (χ2v) is 4.72. The van der Waals surface area contributed by atoms with Crippen molar-refractivity contribution in [3.63, 3.8) is 0 Å². The van der Waals surface area contributed by atoms with Crippen LogP contribution in [0.3, 0.4) is 0 Å². The van der Waals surface area contributed by atoms with Gasteiger partial charge in [0.2, 0.25) is 17.7 Å². The Morgan fingerprint density at radius 1 is 1.60 bits per heavy atom. The van der Waals surface area contributed by atoms with Gasteiger partial charge in [0.15, 0.2) is 0 Å². The third-order valence-electron chi connectivity index (χ3n) is 3.46. The average Bonchev–Trinajstić information content (AvgIpc) is 2.86. The highest BCUT2D eigenvalue weighted by Gasteiger charge is 2.33. The molecule has 1 aromatic rings. The first kappa shape index (κ1) is 14.3. The summed E-state index contributed by atoms with van der Waals surface area (Å²) in [5, 5.41) is 2.84. The summed E-state index contributed by atoms with van der Waals surface area (Å²) in [5.74, 6) is 0.197. The van der Waals surface area contributed by atoms with Gasteiger partial charge in [0.1, 0.15) is 0 Å². The fraction of sp³-hybridized carbons (Fsp3) is 0.500. The van der Waals surface area contributed by atoms with Crippen molar-refractivity contribution in [1.82, 2.24) is 15.2 Å². The van der Waals surface area contributed by atoms with Crippen LogP contribution in [0.15, 0.2) is 18.3 Å². The van der Waals surface area contributed by atoms with E-state index in [-0.39, 0.29) is 17.7 Å². The molecular formula is C14H19N3O3. The first-order chi connectivity index (χ1) is 9.65. The number of carbonyl (C=O) groups is 2. The maximum atomic E-state index is 12.1. The molecule has 108 valence electrons. The molecule has 20 heavy (non-hydrogen) atoms. The van der Waals surface area contributed by atoms with Crippen LogP contribution in [0.25, 0.3) is 0 Å². The molecule has 0 aromatic carbocycles. The zero-order valence-electron chi connectivity index (χ0n) is 11.8. The van der Waals surface area contributed by atoms with Crippen LogP contribution in [0.5, 0.6) is 5.88 Å². The summed E-state index contributed by atoms with van der Waals surface area (Å²) in [4.78, 5) is 29.5. The van der Waals surface area contributed by atoms with E-state index in [0.29, 0.717) is 31.9 Å². The van der Waals surface area contributed by atoms with E-state index in [9.17, 15) is 9.59 Å². The molecule has 1 aromatic heterocycles. The van der Waals surface area contributed by atoms with Gasteiger partial charge in [0.25, 0.3) is 0 Å². The fourth-order valence-corrected chi connectivity index (χ4v) is 2.32. The average molecular weight is 277 g/mol. The molecule has 2 heterocycles. The summed E-state index contributed by atoms with van der Waals surface area (Å²) in [6.07, 6.45) is 1.93. The molecule has 1 atom stereocenters. The van der Waals surface area contributed by atoms with Crippen molar-refractivity contribution >= 4 is 11.8 Å². The van der Waals surface area contributed by atoms with Crippen LogP contribution in [0.4, 0.5) is 0 Å². The smallest absolute Gasteiger partial charge is 0.225 e. The standard InChI is InChI=1S/C14H19N3O3/c1-3-17-9-11(7-12(17)18)13(19)16-8-10-5-4-6-15-14(10)20-2/h4-6,11H,3,7-9H2,1-2H3,(H,16,19)/t11-/m0/s1.